The van der Waals surface area contributed by atoms with Gasteiger partial charge in [0.1, 0.15) is 12.4 Å². The highest BCUT2D eigenvalue weighted by molar-refractivity contribution is 9.10. The Labute approximate surface area is 115 Å². The van der Waals surface area contributed by atoms with Crippen molar-refractivity contribution in [1.82, 2.24) is 0 Å². The van der Waals surface area contributed by atoms with Crippen LogP contribution in [0.4, 0.5) is 0 Å². The minimum Gasteiger partial charge on any atom is -0.489 e. The molecule has 2 N–H and O–H groups in total. The van der Waals surface area contributed by atoms with E-state index in [4.69, 9.17) is 9.84 Å². The fourth-order valence-electron chi connectivity index (χ4n) is 1.14. The molecule has 1 aromatic carbocycles. The summed E-state index contributed by atoms with van der Waals surface area (Å²) in [6, 6.07) is 4.53. The molecule has 1 atom stereocenters. The Morgan fingerprint density at radius 2 is 2.11 bits per heavy atom. The van der Waals surface area contributed by atoms with E-state index in [1.54, 1.807) is 13.0 Å². The summed E-state index contributed by atoms with van der Waals surface area (Å²) in [5, 5.41) is 19.0. The van der Waals surface area contributed by atoms with Crippen LogP contribution in [0.15, 0.2) is 22.7 Å². The largest absolute Gasteiger partial charge is 0.489 e. The lowest BCUT2D eigenvalue weighted by molar-refractivity contribution is -0.0268. The zero-order valence-electron chi connectivity index (χ0n) is 10.6. The van der Waals surface area contributed by atoms with Crippen molar-refractivity contribution in [3.05, 3.63) is 28.2 Å². The van der Waals surface area contributed by atoms with Gasteiger partial charge in [-0.15, -0.1) is 0 Å². The predicted octanol–water partition coefficient (Wildman–Crippen LogP) is 2.93. The van der Waals surface area contributed by atoms with Gasteiger partial charge in [0.05, 0.1) is 15.6 Å². The van der Waals surface area contributed by atoms with Crippen LogP contribution in [0.5, 0.6) is 5.75 Å². The van der Waals surface area contributed by atoms with Gasteiger partial charge in [0, 0.05) is 0 Å². The fraction of sp³-hybridized carbons (Fsp3) is 0.462. The third kappa shape index (κ3) is 3.71. The third-order valence-corrected chi connectivity index (χ3v) is 3.60. The Balaban J connectivity index is 2.85. The summed E-state index contributed by atoms with van der Waals surface area (Å²) in [6.45, 7) is 5.58. The smallest absolute Gasteiger partial charge is 0.335 e. The van der Waals surface area contributed by atoms with E-state index in [1.165, 1.54) is 12.1 Å². The quantitative estimate of drug-likeness (QED) is 0.876. The molecule has 0 aliphatic rings. The maximum Gasteiger partial charge on any atom is 0.335 e. The lowest BCUT2D eigenvalue weighted by Gasteiger charge is -2.27. The van der Waals surface area contributed by atoms with Gasteiger partial charge in [-0.2, -0.15) is 0 Å². The van der Waals surface area contributed by atoms with Crippen LogP contribution in [-0.4, -0.2) is 28.4 Å². The number of halogens is 1. The lowest BCUT2D eigenvalue weighted by Crippen LogP contribution is -2.37. The standard InChI is InChI=1S/C13H17BrO4/c1-8(2)13(3,17)7-18-11-6-9(12(15)16)4-5-10(11)14/h4-6,8,17H,7H2,1-3H3,(H,15,16). The summed E-state index contributed by atoms with van der Waals surface area (Å²) in [5.74, 6) is -0.558. The van der Waals surface area contributed by atoms with Crippen LogP contribution < -0.4 is 4.74 Å². The van der Waals surface area contributed by atoms with Crippen LogP contribution in [0, 0.1) is 5.92 Å². The maximum absolute atomic E-state index is 10.9. The van der Waals surface area contributed by atoms with E-state index in [1.807, 2.05) is 13.8 Å². The molecule has 1 aromatic rings. The normalized spacial score (nSPS) is 14.3. The number of carboxylic acids is 1. The summed E-state index contributed by atoms with van der Waals surface area (Å²) < 4.78 is 6.15. The van der Waals surface area contributed by atoms with E-state index in [0.717, 1.165) is 0 Å². The first-order valence-electron chi connectivity index (χ1n) is 5.62. The Morgan fingerprint density at radius 3 is 2.61 bits per heavy atom. The van der Waals surface area contributed by atoms with Gasteiger partial charge in [-0.3, -0.25) is 0 Å². The van der Waals surface area contributed by atoms with Crippen molar-refractivity contribution >= 4 is 21.9 Å². The van der Waals surface area contributed by atoms with Crippen molar-refractivity contribution < 1.29 is 19.7 Å². The number of hydrogen-bond acceptors (Lipinski definition) is 3. The molecule has 0 heterocycles. The minimum absolute atomic E-state index is 0.0407. The van der Waals surface area contributed by atoms with E-state index >= 15 is 0 Å². The highest BCUT2D eigenvalue weighted by Gasteiger charge is 2.26. The Kier molecular flexibility index (Phi) is 4.76. The first-order valence-corrected chi connectivity index (χ1v) is 6.41. The lowest BCUT2D eigenvalue weighted by atomic mass is 9.94. The fourth-order valence-corrected chi connectivity index (χ4v) is 1.50. The van der Waals surface area contributed by atoms with Gasteiger partial charge in [0.25, 0.3) is 0 Å². The first-order chi connectivity index (χ1) is 8.24. The molecule has 0 radical (unpaired) electrons. The molecule has 0 saturated carbocycles. The average Bonchev–Trinajstić information content (AvgIpc) is 2.27. The van der Waals surface area contributed by atoms with Gasteiger partial charge >= 0.3 is 5.97 Å². The summed E-state index contributed by atoms with van der Waals surface area (Å²) >= 11 is 3.28. The first kappa shape index (κ1) is 15.0. The molecule has 1 rings (SSSR count). The van der Waals surface area contributed by atoms with Gasteiger partial charge < -0.3 is 14.9 Å². The molecule has 18 heavy (non-hydrogen) atoms. The zero-order chi connectivity index (χ0) is 13.9. The summed E-state index contributed by atoms with van der Waals surface area (Å²) in [4.78, 5) is 10.9. The van der Waals surface area contributed by atoms with Crippen molar-refractivity contribution in [3.63, 3.8) is 0 Å². The molecule has 0 saturated heterocycles. The van der Waals surface area contributed by atoms with Crippen LogP contribution in [-0.2, 0) is 0 Å². The predicted molar refractivity (Wildman–Crippen MR) is 72.1 cm³/mol. The second kappa shape index (κ2) is 5.71. The Bertz CT molecular complexity index is 441. The maximum atomic E-state index is 10.9. The zero-order valence-corrected chi connectivity index (χ0v) is 12.2. The molecular formula is C13H17BrO4. The second-order valence-corrected chi connectivity index (χ2v) is 5.61. The topological polar surface area (TPSA) is 66.8 Å². The molecule has 0 fully saturated rings. The Morgan fingerprint density at radius 1 is 1.50 bits per heavy atom. The molecule has 0 spiro atoms. The highest BCUT2D eigenvalue weighted by Crippen LogP contribution is 2.28. The van der Waals surface area contributed by atoms with Crippen LogP contribution in [0.25, 0.3) is 0 Å². The molecule has 0 aliphatic heterocycles. The number of carbonyl (C=O) groups is 1. The van der Waals surface area contributed by atoms with E-state index in [2.05, 4.69) is 15.9 Å². The van der Waals surface area contributed by atoms with Crippen LogP contribution in [0.3, 0.4) is 0 Å². The summed E-state index contributed by atoms with van der Waals surface area (Å²) in [7, 11) is 0. The highest BCUT2D eigenvalue weighted by atomic mass is 79.9. The number of ether oxygens (including phenoxy) is 1. The number of benzene rings is 1. The molecular weight excluding hydrogens is 300 g/mol. The Hall–Kier alpha value is -1.07. The molecule has 5 heteroatoms. The molecule has 1 unspecified atom stereocenters. The SMILES string of the molecule is CC(C)C(C)(O)COc1cc(C(=O)O)ccc1Br. The molecule has 4 nitrogen and oxygen atoms in total. The van der Waals surface area contributed by atoms with Gasteiger partial charge in [0.15, 0.2) is 0 Å². The molecule has 100 valence electrons. The van der Waals surface area contributed by atoms with Crippen molar-refractivity contribution in [1.29, 1.82) is 0 Å². The van der Waals surface area contributed by atoms with Crippen molar-refractivity contribution in [2.45, 2.75) is 26.4 Å². The number of hydrogen-bond donors (Lipinski definition) is 2. The second-order valence-electron chi connectivity index (χ2n) is 4.75. The monoisotopic (exact) mass is 316 g/mol. The van der Waals surface area contributed by atoms with Gasteiger partial charge in [-0.1, -0.05) is 13.8 Å². The summed E-state index contributed by atoms with van der Waals surface area (Å²) in [5.41, 5.74) is -0.809. The third-order valence-electron chi connectivity index (χ3n) is 2.94. The van der Waals surface area contributed by atoms with Crippen LogP contribution in [0.2, 0.25) is 0 Å². The van der Waals surface area contributed by atoms with Crippen molar-refractivity contribution in [2.24, 2.45) is 5.92 Å². The average molecular weight is 317 g/mol. The number of rotatable bonds is 5. The van der Waals surface area contributed by atoms with Gasteiger partial charge in [-0.05, 0) is 47.0 Å². The van der Waals surface area contributed by atoms with Gasteiger partial charge in [0.2, 0.25) is 0 Å². The molecule has 0 amide bonds. The van der Waals surface area contributed by atoms with E-state index in [9.17, 15) is 9.90 Å². The number of aromatic carboxylic acids is 1. The minimum atomic E-state index is -1.01. The van der Waals surface area contributed by atoms with E-state index in [-0.39, 0.29) is 18.1 Å². The van der Waals surface area contributed by atoms with Crippen LogP contribution in [0.1, 0.15) is 31.1 Å². The van der Waals surface area contributed by atoms with E-state index in [0.29, 0.717) is 10.2 Å². The van der Waals surface area contributed by atoms with Crippen molar-refractivity contribution in [3.8, 4) is 5.75 Å². The molecule has 0 bridgehead atoms. The summed E-state index contributed by atoms with van der Waals surface area (Å²) in [6.07, 6.45) is 0. The van der Waals surface area contributed by atoms with E-state index < -0.39 is 11.6 Å². The van der Waals surface area contributed by atoms with Crippen molar-refractivity contribution in [2.75, 3.05) is 6.61 Å². The number of aliphatic hydroxyl groups is 1. The van der Waals surface area contributed by atoms with Gasteiger partial charge in [-0.25, -0.2) is 4.79 Å². The number of carboxylic acid groups (broad SMARTS) is 1. The molecule has 0 aromatic heterocycles. The van der Waals surface area contributed by atoms with Crippen LogP contribution >= 0.6 is 15.9 Å². The molecule has 0 aliphatic carbocycles.